The highest BCUT2D eigenvalue weighted by Crippen LogP contribution is 2.66. The van der Waals surface area contributed by atoms with Gasteiger partial charge in [-0.1, -0.05) is 0 Å². The first-order valence-corrected chi connectivity index (χ1v) is 12.5. The fourth-order valence-corrected chi connectivity index (χ4v) is 5.81. The van der Waals surface area contributed by atoms with E-state index in [9.17, 15) is 37.7 Å². The molecule has 0 amide bonds. The van der Waals surface area contributed by atoms with E-state index in [2.05, 4.69) is 18.2 Å². The largest absolute Gasteiger partial charge is 0.490 e. The molecule has 0 bridgehead atoms. The van der Waals surface area contributed by atoms with E-state index in [-0.39, 0.29) is 4.68 Å². The Kier molecular flexibility index (Phi) is 7.49. The molecule has 1 aliphatic heterocycles. The van der Waals surface area contributed by atoms with E-state index in [1.807, 2.05) is 0 Å². The zero-order valence-corrected chi connectivity index (χ0v) is 18.4. The van der Waals surface area contributed by atoms with Crippen LogP contribution in [0.2, 0.25) is 0 Å². The summed E-state index contributed by atoms with van der Waals surface area (Å²) in [6.45, 7) is 1.55. The number of alkyl halides is 1. The van der Waals surface area contributed by atoms with Gasteiger partial charge in [0.25, 0.3) is 5.95 Å². The summed E-state index contributed by atoms with van der Waals surface area (Å²) in [5.41, 5.74) is -5.89. The normalized spacial score (nSPS) is 31.1. The summed E-state index contributed by atoms with van der Waals surface area (Å²) in [6.07, 6.45) is -8.24. The van der Waals surface area contributed by atoms with Crippen LogP contribution in [0.4, 0.5) is 8.78 Å². The zero-order valence-electron chi connectivity index (χ0n) is 15.7. The van der Waals surface area contributed by atoms with Crippen LogP contribution in [0.3, 0.4) is 0 Å². The second-order valence-corrected chi connectivity index (χ2v) is 10.8. The third kappa shape index (κ3) is 6.22. The van der Waals surface area contributed by atoms with E-state index in [0.717, 1.165) is 6.92 Å². The van der Waals surface area contributed by atoms with E-state index in [1.165, 1.54) is 4.98 Å². The van der Waals surface area contributed by atoms with Crippen molar-refractivity contribution in [1.82, 2.24) is 14.8 Å². The van der Waals surface area contributed by atoms with Crippen molar-refractivity contribution in [3.8, 4) is 0 Å². The highest BCUT2D eigenvalue weighted by molar-refractivity contribution is 7.66. The van der Waals surface area contributed by atoms with Crippen LogP contribution in [-0.4, -0.2) is 63.4 Å². The first-order valence-electron chi connectivity index (χ1n) is 7.99. The minimum atomic E-state index is -5.85. The molecule has 1 aromatic heterocycles. The Morgan fingerprint density at radius 1 is 1.19 bits per heavy atom. The Bertz CT molecular complexity index is 1130. The van der Waals surface area contributed by atoms with Gasteiger partial charge in [0.2, 0.25) is 0 Å². The molecule has 0 aromatic carbocycles. The number of nitrogens with zero attached hydrogens (tertiary/aromatic N) is 2. The molecule has 1 aromatic rings. The van der Waals surface area contributed by atoms with Gasteiger partial charge in [-0.05, 0) is 13.8 Å². The van der Waals surface area contributed by atoms with Crippen LogP contribution < -0.4 is 11.2 Å². The number of halogens is 2. The van der Waals surface area contributed by atoms with E-state index < -0.39 is 70.9 Å². The number of aliphatic hydroxyl groups excluding tert-OH is 1. The van der Waals surface area contributed by atoms with Crippen LogP contribution in [0.25, 0.3) is 0 Å². The Labute approximate surface area is 175 Å². The standard InChI is InChI=1S/C10H16F2N3O14P3/c1-3(27-31(22,23)29-32(24,25)28-30(19,20)21)4-5(16)10(2,12)8(26-4)15-9(18)13-7(17)6(11)14-15/h3-5,8,16H,1-2H3,(H,22,23)(H,24,25)(H,13,17,18)(H2,19,20,21)/t3-,4+,5?,8+,10+/m0/s1. The number of hydrogen-bond acceptors (Lipinski definition) is 11. The van der Waals surface area contributed by atoms with Crippen LogP contribution in [0, 0.1) is 5.95 Å². The molecular formula is C10H16F2N3O14P3. The van der Waals surface area contributed by atoms with Gasteiger partial charge in [-0.15, -0.1) is 5.10 Å². The molecule has 184 valence electrons. The minimum absolute atomic E-state index is 0.0114. The molecule has 22 heteroatoms. The van der Waals surface area contributed by atoms with Gasteiger partial charge in [0.1, 0.15) is 12.2 Å². The molecule has 2 rings (SSSR count). The molecule has 3 unspecified atom stereocenters. The van der Waals surface area contributed by atoms with Crippen molar-refractivity contribution >= 4 is 23.5 Å². The van der Waals surface area contributed by atoms with Crippen molar-refractivity contribution < 1.29 is 65.0 Å². The molecule has 17 nitrogen and oxygen atoms in total. The van der Waals surface area contributed by atoms with Gasteiger partial charge < -0.3 is 29.4 Å². The number of phosphoric acid groups is 3. The molecule has 7 atom stereocenters. The van der Waals surface area contributed by atoms with Gasteiger partial charge >= 0.3 is 34.7 Å². The maximum atomic E-state index is 15.1. The van der Waals surface area contributed by atoms with Crippen LogP contribution in [0.15, 0.2) is 9.59 Å². The van der Waals surface area contributed by atoms with Crippen molar-refractivity contribution in [3.05, 3.63) is 26.8 Å². The van der Waals surface area contributed by atoms with Crippen LogP contribution >= 0.6 is 23.5 Å². The molecule has 1 saturated heterocycles. The molecule has 32 heavy (non-hydrogen) atoms. The Morgan fingerprint density at radius 3 is 2.28 bits per heavy atom. The molecule has 0 aliphatic carbocycles. The lowest BCUT2D eigenvalue weighted by Gasteiger charge is -2.25. The van der Waals surface area contributed by atoms with Gasteiger partial charge in [0.15, 0.2) is 11.9 Å². The third-order valence-corrected chi connectivity index (χ3v) is 7.80. The summed E-state index contributed by atoms with van der Waals surface area (Å²) < 4.78 is 78.9. The maximum Gasteiger partial charge on any atom is 0.490 e. The molecule has 1 aliphatic rings. The van der Waals surface area contributed by atoms with Crippen LogP contribution in [-0.2, 0) is 31.6 Å². The molecule has 0 spiro atoms. The van der Waals surface area contributed by atoms with E-state index in [0.29, 0.717) is 6.92 Å². The van der Waals surface area contributed by atoms with Crippen molar-refractivity contribution in [2.45, 2.75) is 44.1 Å². The number of phosphoric ester groups is 1. The highest BCUT2D eigenvalue weighted by Gasteiger charge is 2.58. The van der Waals surface area contributed by atoms with E-state index >= 15 is 4.39 Å². The smallest absolute Gasteiger partial charge is 0.387 e. The topological polar surface area (TPSA) is 257 Å². The summed E-state index contributed by atoms with van der Waals surface area (Å²) >= 11 is 0. The second kappa shape index (κ2) is 8.87. The van der Waals surface area contributed by atoms with Crippen molar-refractivity contribution in [2.24, 2.45) is 0 Å². The Hall–Kier alpha value is -1.20. The highest BCUT2D eigenvalue weighted by atomic mass is 31.3. The number of H-pyrrole nitrogens is 1. The predicted molar refractivity (Wildman–Crippen MR) is 92.9 cm³/mol. The van der Waals surface area contributed by atoms with Gasteiger partial charge in [-0.2, -0.15) is 17.7 Å². The van der Waals surface area contributed by atoms with Crippen molar-refractivity contribution in [2.75, 3.05) is 0 Å². The molecular weight excluding hydrogens is 517 g/mol. The monoisotopic (exact) mass is 533 g/mol. The van der Waals surface area contributed by atoms with Gasteiger partial charge in [0.05, 0.1) is 6.10 Å². The number of nitrogens with one attached hydrogen (secondary N) is 1. The van der Waals surface area contributed by atoms with Gasteiger partial charge in [-0.25, -0.2) is 22.9 Å². The van der Waals surface area contributed by atoms with E-state index in [1.54, 1.807) is 0 Å². The molecule has 2 heterocycles. The van der Waals surface area contributed by atoms with E-state index in [4.69, 9.17) is 19.4 Å². The quantitative estimate of drug-likeness (QED) is 0.214. The third-order valence-electron chi connectivity index (χ3n) is 3.87. The Morgan fingerprint density at radius 2 is 1.75 bits per heavy atom. The molecule has 0 radical (unpaired) electrons. The number of aromatic amines is 1. The zero-order chi connectivity index (χ0) is 24.9. The molecule has 6 N–H and O–H groups in total. The van der Waals surface area contributed by atoms with Crippen molar-refractivity contribution in [1.29, 1.82) is 0 Å². The maximum absolute atomic E-state index is 15.1. The fraction of sp³-hybridized carbons (Fsp3) is 0.700. The average Bonchev–Trinajstić information content (AvgIpc) is 2.77. The SMILES string of the molecule is C[C@H](OP(=O)(O)OP(=O)(O)OP(=O)(O)O)[C@H]1O[C@@H](n2nc(F)c(=O)[nH]c2=O)[C@](C)(F)C1O. The summed E-state index contributed by atoms with van der Waals surface area (Å²) in [7, 11) is -17.2. The predicted octanol–water partition coefficient (Wildman–Crippen LogP) is -1.21. The van der Waals surface area contributed by atoms with Crippen LogP contribution in [0.5, 0.6) is 0 Å². The Balaban J connectivity index is 2.25. The molecule has 1 fully saturated rings. The first-order chi connectivity index (χ1) is 14.3. The molecule has 0 saturated carbocycles. The van der Waals surface area contributed by atoms with Crippen molar-refractivity contribution in [3.63, 3.8) is 0 Å². The van der Waals surface area contributed by atoms with Crippen LogP contribution in [0.1, 0.15) is 20.1 Å². The second-order valence-electron chi connectivity index (χ2n) is 6.45. The van der Waals surface area contributed by atoms with Gasteiger partial charge in [0, 0.05) is 0 Å². The number of hydrogen-bond donors (Lipinski definition) is 6. The summed E-state index contributed by atoms with van der Waals surface area (Å²) in [4.78, 5) is 60.0. The number of ether oxygens (including phenoxy) is 1. The minimum Gasteiger partial charge on any atom is -0.387 e. The summed E-state index contributed by atoms with van der Waals surface area (Å²) in [5.74, 6) is -1.75. The lowest BCUT2D eigenvalue weighted by molar-refractivity contribution is -0.0869. The lowest BCUT2D eigenvalue weighted by Crippen LogP contribution is -2.46. The van der Waals surface area contributed by atoms with Gasteiger partial charge in [-0.3, -0.25) is 14.3 Å². The average molecular weight is 533 g/mol. The lowest BCUT2D eigenvalue weighted by atomic mass is 9.96. The summed E-state index contributed by atoms with van der Waals surface area (Å²) in [5, 5.41) is 13.1. The fourth-order valence-electron chi connectivity index (χ4n) is 2.61. The number of rotatable bonds is 8. The number of aromatic nitrogens is 3. The first kappa shape index (κ1) is 27.0. The summed E-state index contributed by atoms with van der Waals surface area (Å²) in [6, 6.07) is 0. The number of aliphatic hydroxyl groups is 1.